The fourth-order valence-electron chi connectivity index (χ4n) is 3.64. The monoisotopic (exact) mass is 471 g/mol. The maximum absolute atomic E-state index is 12.7. The van der Waals surface area contributed by atoms with Gasteiger partial charge in [0.1, 0.15) is 0 Å². The summed E-state index contributed by atoms with van der Waals surface area (Å²) in [5.74, 6) is -2.27. The fourth-order valence-corrected chi connectivity index (χ4v) is 4.34. The van der Waals surface area contributed by atoms with Crippen LogP contribution in [-0.2, 0) is 23.8 Å². The minimum absolute atomic E-state index is 0.219. The van der Waals surface area contributed by atoms with Crippen molar-refractivity contribution in [2.24, 2.45) is 0 Å². The van der Waals surface area contributed by atoms with Crippen LogP contribution in [0.2, 0.25) is 0 Å². The number of aromatic nitrogens is 1. The van der Waals surface area contributed by atoms with Gasteiger partial charge in [-0.15, -0.1) is 11.3 Å². The first-order valence-corrected chi connectivity index (χ1v) is 11.0. The number of methoxy groups -OCH3 is 2. The Balaban J connectivity index is 2.00. The molecule has 2 N–H and O–H groups in total. The number of hydrogen-bond donors (Lipinski definition) is 2. The molecule has 33 heavy (non-hydrogen) atoms. The molecule has 1 aromatic carbocycles. The first-order valence-electron chi connectivity index (χ1n) is 10.2. The van der Waals surface area contributed by atoms with Crippen molar-refractivity contribution in [1.82, 2.24) is 10.3 Å². The lowest BCUT2D eigenvalue weighted by atomic mass is 9.80. The molecule has 1 aliphatic heterocycles. The Hall–Kier alpha value is -3.66. The number of dihydropyridines is 1. The summed E-state index contributed by atoms with van der Waals surface area (Å²) in [6.45, 7) is 5.51. The summed E-state index contributed by atoms with van der Waals surface area (Å²) in [5, 5.41) is 8.35. The molecule has 0 bridgehead atoms. The highest BCUT2D eigenvalue weighted by atomic mass is 32.1. The van der Waals surface area contributed by atoms with Crippen molar-refractivity contribution in [3.8, 4) is 0 Å². The average Bonchev–Trinajstić information content (AvgIpc) is 3.26. The maximum Gasteiger partial charge on any atom is 0.357 e. The average molecular weight is 472 g/mol. The third kappa shape index (κ3) is 5.06. The minimum atomic E-state index is -0.695. The maximum atomic E-state index is 12.7. The summed E-state index contributed by atoms with van der Waals surface area (Å²) >= 11 is 1.26. The summed E-state index contributed by atoms with van der Waals surface area (Å²) in [4.78, 5) is 41.5. The molecular formula is C23H25N3O6S. The molecule has 0 radical (unpaired) electrons. The van der Waals surface area contributed by atoms with E-state index in [1.165, 1.54) is 25.6 Å². The number of nitrogens with one attached hydrogen (secondary N) is 2. The van der Waals surface area contributed by atoms with Crippen LogP contribution in [0.1, 0.15) is 42.7 Å². The zero-order valence-corrected chi connectivity index (χ0v) is 19.8. The van der Waals surface area contributed by atoms with Gasteiger partial charge in [-0.3, -0.25) is 0 Å². The summed E-state index contributed by atoms with van der Waals surface area (Å²) in [7, 11) is 2.59. The van der Waals surface area contributed by atoms with Crippen molar-refractivity contribution >= 4 is 40.1 Å². The highest BCUT2D eigenvalue weighted by molar-refractivity contribution is 7.14. The molecule has 0 saturated heterocycles. The number of ether oxygens (including phenoxy) is 3. The molecule has 2 heterocycles. The van der Waals surface area contributed by atoms with Gasteiger partial charge in [-0.25, -0.2) is 19.4 Å². The summed E-state index contributed by atoms with van der Waals surface area (Å²) in [5.41, 5.74) is 3.39. The van der Waals surface area contributed by atoms with E-state index < -0.39 is 23.8 Å². The fraction of sp³-hybridized carbons (Fsp3) is 0.304. The van der Waals surface area contributed by atoms with E-state index in [0.717, 1.165) is 0 Å². The van der Waals surface area contributed by atoms with Crippen molar-refractivity contribution in [1.29, 1.82) is 0 Å². The molecule has 174 valence electrons. The first kappa shape index (κ1) is 24.0. The number of hydrogen-bond acceptors (Lipinski definition) is 10. The van der Waals surface area contributed by atoms with E-state index in [1.807, 2.05) is 18.2 Å². The molecule has 1 aromatic heterocycles. The topological polar surface area (TPSA) is 116 Å². The van der Waals surface area contributed by atoms with Crippen LogP contribution < -0.4 is 10.6 Å². The summed E-state index contributed by atoms with van der Waals surface area (Å²) < 4.78 is 15.0. The molecule has 10 heteroatoms. The van der Waals surface area contributed by atoms with E-state index in [9.17, 15) is 14.4 Å². The number of carbonyl (C=O) groups excluding carboxylic acids is 3. The van der Waals surface area contributed by atoms with Gasteiger partial charge in [-0.2, -0.15) is 0 Å². The van der Waals surface area contributed by atoms with Crippen LogP contribution >= 0.6 is 11.3 Å². The van der Waals surface area contributed by atoms with Crippen molar-refractivity contribution in [2.45, 2.75) is 26.7 Å². The zero-order chi connectivity index (χ0) is 24.1. The van der Waals surface area contributed by atoms with Crippen molar-refractivity contribution in [3.63, 3.8) is 0 Å². The zero-order valence-electron chi connectivity index (χ0n) is 19.0. The number of anilines is 2. The number of thiazole rings is 1. The normalized spacial score (nSPS) is 14.0. The number of allylic oxidation sites excluding steroid dienone is 2. The molecule has 0 saturated carbocycles. The van der Waals surface area contributed by atoms with E-state index >= 15 is 0 Å². The van der Waals surface area contributed by atoms with Crippen LogP contribution in [-0.4, -0.2) is 43.7 Å². The third-order valence-electron chi connectivity index (χ3n) is 5.03. The second-order valence-electron chi connectivity index (χ2n) is 7.13. The highest BCUT2D eigenvalue weighted by Crippen LogP contribution is 2.40. The summed E-state index contributed by atoms with van der Waals surface area (Å²) in [6, 6.07) is 7.25. The molecule has 9 nitrogen and oxygen atoms in total. The Morgan fingerprint density at radius 1 is 1.06 bits per heavy atom. The van der Waals surface area contributed by atoms with Gasteiger partial charge in [0, 0.05) is 22.5 Å². The minimum Gasteiger partial charge on any atom is -0.466 e. The van der Waals surface area contributed by atoms with E-state index in [1.54, 1.807) is 32.2 Å². The number of esters is 3. The lowest BCUT2D eigenvalue weighted by molar-refractivity contribution is -0.137. The number of carbonyl (C=O) groups is 3. The van der Waals surface area contributed by atoms with Crippen molar-refractivity contribution < 1.29 is 28.6 Å². The van der Waals surface area contributed by atoms with Crippen molar-refractivity contribution in [2.75, 3.05) is 26.1 Å². The molecule has 3 rings (SSSR count). The van der Waals surface area contributed by atoms with Crippen LogP contribution in [0.5, 0.6) is 0 Å². The van der Waals surface area contributed by atoms with E-state index in [4.69, 9.17) is 14.2 Å². The molecule has 0 spiro atoms. The third-order valence-corrected chi connectivity index (χ3v) is 5.79. The second-order valence-corrected chi connectivity index (χ2v) is 7.99. The smallest absolute Gasteiger partial charge is 0.357 e. The van der Waals surface area contributed by atoms with E-state index in [-0.39, 0.29) is 12.3 Å². The SMILES string of the molecule is CCOC(=O)c1csc(Nc2cccc(C3C(C(=O)OC)=C(C)NC(C)=C3C(=O)OC)c2)n1. The molecule has 0 unspecified atom stereocenters. The van der Waals surface area contributed by atoms with Crippen LogP contribution in [0.15, 0.2) is 52.2 Å². The first-order chi connectivity index (χ1) is 15.8. The van der Waals surface area contributed by atoms with Gasteiger partial charge in [0.15, 0.2) is 10.8 Å². The Labute approximate surface area is 195 Å². The molecule has 0 atom stereocenters. The van der Waals surface area contributed by atoms with Crippen LogP contribution in [0, 0.1) is 0 Å². The molecule has 0 fully saturated rings. The summed E-state index contributed by atoms with van der Waals surface area (Å²) in [6.07, 6.45) is 0. The Morgan fingerprint density at radius 2 is 1.70 bits per heavy atom. The number of nitrogens with zero attached hydrogens (tertiary/aromatic N) is 1. The number of rotatable bonds is 7. The van der Waals surface area contributed by atoms with E-state index in [0.29, 0.717) is 38.9 Å². The lowest BCUT2D eigenvalue weighted by Gasteiger charge is -2.30. The van der Waals surface area contributed by atoms with Crippen LogP contribution in [0.3, 0.4) is 0 Å². The Bertz CT molecular complexity index is 1110. The second kappa shape index (κ2) is 10.3. The molecule has 1 aliphatic rings. The Kier molecular flexibility index (Phi) is 7.49. The van der Waals surface area contributed by atoms with E-state index in [2.05, 4.69) is 15.6 Å². The largest absolute Gasteiger partial charge is 0.466 e. The van der Waals surface area contributed by atoms with Gasteiger partial charge < -0.3 is 24.8 Å². The number of benzene rings is 1. The van der Waals surface area contributed by atoms with Gasteiger partial charge in [-0.05, 0) is 38.5 Å². The van der Waals surface area contributed by atoms with Gasteiger partial charge >= 0.3 is 17.9 Å². The van der Waals surface area contributed by atoms with Crippen LogP contribution in [0.25, 0.3) is 0 Å². The predicted molar refractivity (Wildman–Crippen MR) is 123 cm³/mol. The van der Waals surface area contributed by atoms with Gasteiger partial charge in [0.2, 0.25) is 0 Å². The molecule has 2 aromatic rings. The molecule has 0 amide bonds. The standard InChI is InChI=1S/C23H25N3O6S/c1-6-32-20(27)16-11-33-23(26-16)25-15-9-7-8-14(10-15)19-17(21(28)30-4)12(2)24-13(3)18(19)22(29)31-5/h7-11,19,24H,6H2,1-5H3,(H,25,26). The molecule has 0 aliphatic carbocycles. The molecular weight excluding hydrogens is 446 g/mol. The lowest BCUT2D eigenvalue weighted by Crippen LogP contribution is -2.32. The van der Waals surface area contributed by atoms with Crippen molar-refractivity contribution in [3.05, 3.63) is 63.4 Å². The predicted octanol–water partition coefficient (Wildman–Crippen LogP) is 3.64. The Morgan fingerprint density at radius 3 is 2.27 bits per heavy atom. The van der Waals surface area contributed by atoms with Gasteiger partial charge in [0.25, 0.3) is 0 Å². The van der Waals surface area contributed by atoms with Crippen LogP contribution in [0.4, 0.5) is 10.8 Å². The van der Waals surface area contributed by atoms with Gasteiger partial charge in [-0.1, -0.05) is 12.1 Å². The highest BCUT2D eigenvalue weighted by Gasteiger charge is 2.37. The van der Waals surface area contributed by atoms with Gasteiger partial charge in [0.05, 0.1) is 37.9 Å². The quantitative estimate of drug-likeness (QED) is 0.461.